The fourth-order valence-corrected chi connectivity index (χ4v) is 5.01. The molecular weight excluding hydrogens is 520 g/mol. The Bertz CT molecular complexity index is 1610. The van der Waals surface area contributed by atoms with E-state index in [1.807, 2.05) is 0 Å². The number of nitrogens with zero attached hydrogens (tertiary/aromatic N) is 7. The summed E-state index contributed by atoms with van der Waals surface area (Å²) in [5, 5.41) is 8.05. The lowest BCUT2D eigenvalue weighted by atomic mass is 9.96. The SMILES string of the molecule is CC(=O)N1CCN(c2cc(-c3cc(-c4ccnn4CC(F)(F)F)c4c(N)ncnn34)ccc2F)C(=O)C1(C)C. The molecule has 3 aromatic heterocycles. The van der Waals surface area contributed by atoms with Crippen LogP contribution in [0.5, 0.6) is 0 Å². The quantitative estimate of drug-likeness (QED) is 0.394. The highest BCUT2D eigenvalue weighted by Gasteiger charge is 2.44. The molecule has 0 unspecified atom stereocenters. The molecule has 4 aromatic rings. The first-order valence-electron chi connectivity index (χ1n) is 11.9. The number of rotatable bonds is 4. The van der Waals surface area contributed by atoms with Gasteiger partial charge in [0, 0.05) is 37.3 Å². The van der Waals surface area contributed by atoms with Gasteiger partial charge in [-0.3, -0.25) is 14.3 Å². The Morgan fingerprint density at radius 2 is 1.85 bits per heavy atom. The number of fused-ring (bicyclic) bond motifs is 1. The molecule has 2 N–H and O–H groups in total. The molecule has 1 aliphatic rings. The maximum Gasteiger partial charge on any atom is 0.408 e. The first kappa shape index (κ1) is 26.1. The van der Waals surface area contributed by atoms with Gasteiger partial charge in [0.15, 0.2) is 5.82 Å². The number of hydrogen-bond donors (Lipinski definition) is 1. The number of alkyl halides is 3. The number of piperazine rings is 1. The Balaban J connectivity index is 1.63. The van der Waals surface area contributed by atoms with Crippen LogP contribution in [0, 0.1) is 5.82 Å². The van der Waals surface area contributed by atoms with Crippen molar-refractivity contribution in [1.29, 1.82) is 0 Å². The number of nitrogen functional groups attached to an aromatic ring is 1. The summed E-state index contributed by atoms with van der Waals surface area (Å²) in [7, 11) is 0. The molecule has 0 spiro atoms. The minimum atomic E-state index is -4.51. The number of carbonyl (C=O) groups excluding carboxylic acids is 2. The second-order valence-electron chi connectivity index (χ2n) is 9.69. The molecule has 10 nitrogen and oxygen atoms in total. The maximum atomic E-state index is 15.1. The zero-order valence-corrected chi connectivity index (χ0v) is 21.2. The number of carbonyl (C=O) groups is 2. The van der Waals surface area contributed by atoms with Crippen molar-refractivity contribution in [3.05, 3.63) is 48.7 Å². The van der Waals surface area contributed by atoms with Crippen molar-refractivity contribution in [2.75, 3.05) is 23.7 Å². The lowest BCUT2D eigenvalue weighted by Gasteiger charge is -2.45. The smallest absolute Gasteiger partial charge is 0.382 e. The van der Waals surface area contributed by atoms with Crippen LogP contribution in [0.2, 0.25) is 0 Å². The molecule has 39 heavy (non-hydrogen) atoms. The zero-order valence-electron chi connectivity index (χ0n) is 21.2. The number of hydrogen-bond acceptors (Lipinski definition) is 6. The monoisotopic (exact) mass is 544 g/mol. The van der Waals surface area contributed by atoms with Gasteiger partial charge in [0.2, 0.25) is 5.91 Å². The molecule has 0 bridgehead atoms. The van der Waals surface area contributed by atoms with Gasteiger partial charge in [-0.2, -0.15) is 23.4 Å². The van der Waals surface area contributed by atoms with Gasteiger partial charge in [0.25, 0.3) is 5.91 Å². The van der Waals surface area contributed by atoms with Crippen LogP contribution >= 0.6 is 0 Å². The summed E-state index contributed by atoms with van der Waals surface area (Å²) in [6, 6.07) is 7.11. The molecule has 5 rings (SSSR count). The van der Waals surface area contributed by atoms with Crippen molar-refractivity contribution in [3.63, 3.8) is 0 Å². The van der Waals surface area contributed by atoms with E-state index in [0.717, 1.165) is 4.68 Å². The average molecular weight is 545 g/mol. The van der Waals surface area contributed by atoms with Crippen LogP contribution < -0.4 is 10.6 Å². The van der Waals surface area contributed by atoms with Crippen LogP contribution in [-0.2, 0) is 16.1 Å². The Morgan fingerprint density at radius 3 is 2.54 bits per heavy atom. The molecule has 0 saturated carbocycles. The van der Waals surface area contributed by atoms with E-state index in [9.17, 15) is 22.8 Å². The van der Waals surface area contributed by atoms with Crippen molar-refractivity contribution >= 4 is 28.8 Å². The van der Waals surface area contributed by atoms with Gasteiger partial charge in [-0.1, -0.05) is 0 Å². The third-order valence-corrected chi connectivity index (χ3v) is 6.81. The highest BCUT2D eigenvalue weighted by molar-refractivity contribution is 6.03. The molecule has 1 aromatic carbocycles. The van der Waals surface area contributed by atoms with E-state index < -0.39 is 30.0 Å². The molecule has 14 heteroatoms. The molecule has 0 atom stereocenters. The summed E-state index contributed by atoms with van der Waals surface area (Å²) < 4.78 is 56.9. The maximum absolute atomic E-state index is 15.1. The van der Waals surface area contributed by atoms with Crippen molar-refractivity contribution in [2.45, 2.75) is 39.0 Å². The third kappa shape index (κ3) is 4.45. The summed E-state index contributed by atoms with van der Waals surface area (Å²) in [4.78, 5) is 32.1. The van der Waals surface area contributed by atoms with E-state index in [0.29, 0.717) is 16.8 Å². The van der Waals surface area contributed by atoms with Crippen LogP contribution in [-0.4, -0.2) is 65.9 Å². The number of halogens is 4. The first-order valence-corrected chi connectivity index (χ1v) is 11.9. The van der Waals surface area contributed by atoms with Crippen molar-refractivity contribution in [1.82, 2.24) is 29.3 Å². The van der Waals surface area contributed by atoms with Crippen LogP contribution in [0.3, 0.4) is 0 Å². The zero-order chi connectivity index (χ0) is 28.3. The fraction of sp³-hybridized carbons (Fsp3) is 0.320. The predicted molar refractivity (Wildman–Crippen MR) is 134 cm³/mol. The van der Waals surface area contributed by atoms with Gasteiger partial charge < -0.3 is 15.5 Å². The van der Waals surface area contributed by atoms with E-state index >= 15 is 4.39 Å². The molecule has 0 aliphatic carbocycles. The average Bonchev–Trinajstić information content (AvgIpc) is 3.45. The summed E-state index contributed by atoms with van der Waals surface area (Å²) in [6.07, 6.45) is -2.08. The van der Waals surface area contributed by atoms with Crippen molar-refractivity contribution in [2.24, 2.45) is 0 Å². The molecule has 4 heterocycles. The number of anilines is 2. The van der Waals surface area contributed by atoms with Gasteiger partial charge in [0.1, 0.15) is 29.7 Å². The predicted octanol–water partition coefficient (Wildman–Crippen LogP) is 3.52. The summed E-state index contributed by atoms with van der Waals surface area (Å²) in [6.45, 7) is 3.54. The van der Waals surface area contributed by atoms with Gasteiger partial charge >= 0.3 is 6.18 Å². The molecule has 1 aliphatic heterocycles. The Hall–Kier alpha value is -4.49. The molecule has 1 fully saturated rings. The molecule has 1 saturated heterocycles. The second kappa shape index (κ2) is 9.06. The summed E-state index contributed by atoms with van der Waals surface area (Å²) in [5.74, 6) is -1.36. The number of benzene rings is 1. The molecule has 204 valence electrons. The van der Waals surface area contributed by atoms with E-state index in [4.69, 9.17) is 5.73 Å². The van der Waals surface area contributed by atoms with Crippen LogP contribution in [0.1, 0.15) is 20.8 Å². The topological polar surface area (TPSA) is 115 Å². The molecule has 2 amide bonds. The van der Waals surface area contributed by atoms with Gasteiger partial charge in [-0.15, -0.1) is 0 Å². The third-order valence-electron chi connectivity index (χ3n) is 6.81. The highest BCUT2D eigenvalue weighted by atomic mass is 19.4. The summed E-state index contributed by atoms with van der Waals surface area (Å²) >= 11 is 0. The minimum Gasteiger partial charge on any atom is -0.382 e. The Labute approximate surface area is 219 Å². The number of nitrogens with two attached hydrogens (primary N) is 1. The van der Waals surface area contributed by atoms with E-state index in [2.05, 4.69) is 15.2 Å². The number of amides is 2. The molecule has 0 radical (unpaired) electrons. The first-order chi connectivity index (χ1) is 18.3. The van der Waals surface area contributed by atoms with E-state index in [1.165, 1.54) is 58.0 Å². The Kier molecular flexibility index (Phi) is 6.07. The van der Waals surface area contributed by atoms with Crippen molar-refractivity contribution in [3.8, 4) is 22.5 Å². The number of aromatic nitrogens is 5. The van der Waals surface area contributed by atoms with Gasteiger partial charge in [0.05, 0.1) is 17.1 Å². The highest BCUT2D eigenvalue weighted by Crippen LogP contribution is 2.37. The second-order valence-corrected chi connectivity index (χ2v) is 9.69. The standard InChI is InChI=1S/C25H24F4N8O2/c1-14(38)35-9-8-34(23(39)24(35,2)3)20-10-15(4-5-17(20)26)19-11-16(21-22(30)31-13-33-37(19)21)18-6-7-32-36(18)12-25(27,28)29/h4-7,10-11,13H,8-9,12H2,1-3H3,(H2,30,31,33). The van der Waals surface area contributed by atoms with Crippen LogP contribution in [0.15, 0.2) is 42.9 Å². The van der Waals surface area contributed by atoms with Gasteiger partial charge in [-0.25, -0.2) is 13.9 Å². The minimum absolute atomic E-state index is 0.00517. The van der Waals surface area contributed by atoms with Gasteiger partial charge in [-0.05, 0) is 44.2 Å². The molecular formula is C25H24F4N8O2. The van der Waals surface area contributed by atoms with E-state index in [-0.39, 0.29) is 41.7 Å². The lowest BCUT2D eigenvalue weighted by molar-refractivity contribution is -0.145. The normalized spacial score (nSPS) is 15.8. The van der Waals surface area contributed by atoms with Crippen molar-refractivity contribution < 1.29 is 27.2 Å². The largest absolute Gasteiger partial charge is 0.408 e. The Morgan fingerprint density at radius 1 is 1.10 bits per heavy atom. The summed E-state index contributed by atoms with van der Waals surface area (Å²) in [5.41, 5.74) is 6.40. The fourth-order valence-electron chi connectivity index (χ4n) is 5.01. The lowest BCUT2D eigenvalue weighted by Crippen LogP contribution is -2.64. The van der Waals surface area contributed by atoms with E-state index in [1.54, 1.807) is 19.9 Å². The van der Waals surface area contributed by atoms with Crippen LogP contribution in [0.25, 0.3) is 28.0 Å². The van der Waals surface area contributed by atoms with Crippen LogP contribution in [0.4, 0.5) is 29.1 Å².